The molecule has 0 spiro atoms. The first-order valence-corrected chi connectivity index (χ1v) is 7.69. The number of carbonyl (C=O) groups excluding carboxylic acids is 1. The zero-order chi connectivity index (χ0) is 15.9. The highest BCUT2D eigenvalue weighted by molar-refractivity contribution is 5.92. The smallest absolute Gasteiger partial charge is 0.238 e. The molecular weight excluding hydrogens is 272 g/mol. The molecule has 0 saturated carbocycles. The van der Waals surface area contributed by atoms with Gasteiger partial charge in [0.05, 0.1) is 6.54 Å². The molecule has 0 bridgehead atoms. The Morgan fingerprint density at radius 3 is 2.50 bits per heavy atom. The summed E-state index contributed by atoms with van der Waals surface area (Å²) in [6.45, 7) is 7.32. The summed E-state index contributed by atoms with van der Waals surface area (Å²) < 4.78 is 0. The number of aryl methyl sites for hydroxylation is 2. The lowest BCUT2D eigenvalue weighted by atomic mass is 10.0. The number of carbonyl (C=O) groups is 1. The van der Waals surface area contributed by atoms with Gasteiger partial charge in [-0.1, -0.05) is 55.0 Å². The van der Waals surface area contributed by atoms with Gasteiger partial charge in [-0.2, -0.15) is 0 Å². The first kappa shape index (κ1) is 16.2. The van der Waals surface area contributed by atoms with E-state index >= 15 is 0 Å². The van der Waals surface area contributed by atoms with Crippen LogP contribution in [-0.2, 0) is 4.79 Å². The maximum atomic E-state index is 12.0. The molecule has 3 heteroatoms. The summed E-state index contributed by atoms with van der Waals surface area (Å²) in [5.41, 5.74) is 4.45. The standard InChI is InChI=1S/C19H24N2O/c1-14-9-10-18(15(2)11-14)21-19(22)13-20-12-16(3)17-7-5-4-6-8-17/h4-11,16,20H,12-13H2,1-3H3,(H,21,22)/t16-/m0/s1. The van der Waals surface area contributed by atoms with Crippen LogP contribution in [0.2, 0.25) is 0 Å². The average molecular weight is 296 g/mol. The quantitative estimate of drug-likeness (QED) is 0.854. The molecule has 0 heterocycles. The van der Waals surface area contributed by atoms with Crippen LogP contribution in [0, 0.1) is 13.8 Å². The predicted molar refractivity (Wildman–Crippen MR) is 92.3 cm³/mol. The van der Waals surface area contributed by atoms with Gasteiger partial charge in [0.1, 0.15) is 0 Å². The predicted octanol–water partition coefficient (Wildman–Crippen LogP) is 3.64. The van der Waals surface area contributed by atoms with Gasteiger partial charge in [-0.3, -0.25) is 4.79 Å². The fourth-order valence-corrected chi connectivity index (χ4v) is 2.45. The van der Waals surface area contributed by atoms with E-state index in [0.29, 0.717) is 12.5 Å². The van der Waals surface area contributed by atoms with Gasteiger partial charge in [0.25, 0.3) is 0 Å². The Morgan fingerprint density at radius 2 is 1.82 bits per heavy atom. The van der Waals surface area contributed by atoms with Crippen molar-refractivity contribution in [3.63, 3.8) is 0 Å². The Labute approximate surface area is 132 Å². The second-order valence-electron chi connectivity index (χ2n) is 5.81. The molecule has 0 unspecified atom stereocenters. The fourth-order valence-electron chi connectivity index (χ4n) is 2.45. The fraction of sp³-hybridized carbons (Fsp3) is 0.316. The number of anilines is 1. The summed E-state index contributed by atoms with van der Waals surface area (Å²) in [6, 6.07) is 16.4. The van der Waals surface area contributed by atoms with Crippen LogP contribution in [-0.4, -0.2) is 19.0 Å². The minimum absolute atomic E-state index is 0.00721. The van der Waals surface area contributed by atoms with Crippen molar-refractivity contribution in [3.8, 4) is 0 Å². The monoisotopic (exact) mass is 296 g/mol. The Kier molecular flexibility index (Phi) is 5.73. The summed E-state index contributed by atoms with van der Waals surface area (Å²) in [5.74, 6) is 0.377. The second kappa shape index (κ2) is 7.76. The van der Waals surface area contributed by atoms with Gasteiger partial charge in [0, 0.05) is 12.2 Å². The van der Waals surface area contributed by atoms with E-state index in [1.54, 1.807) is 0 Å². The molecule has 2 N–H and O–H groups in total. The molecule has 22 heavy (non-hydrogen) atoms. The van der Waals surface area contributed by atoms with Crippen molar-refractivity contribution < 1.29 is 4.79 Å². The lowest BCUT2D eigenvalue weighted by Crippen LogP contribution is -2.30. The molecule has 2 aromatic carbocycles. The van der Waals surface area contributed by atoms with Crippen molar-refractivity contribution in [1.82, 2.24) is 5.32 Å². The van der Waals surface area contributed by atoms with Gasteiger partial charge in [-0.05, 0) is 37.0 Å². The van der Waals surface area contributed by atoms with Gasteiger partial charge in [0.2, 0.25) is 5.91 Å². The molecule has 0 radical (unpaired) electrons. The van der Waals surface area contributed by atoms with Crippen LogP contribution >= 0.6 is 0 Å². The van der Waals surface area contributed by atoms with Gasteiger partial charge < -0.3 is 10.6 Å². The summed E-state index contributed by atoms with van der Waals surface area (Å²) in [6.07, 6.45) is 0. The molecule has 1 amide bonds. The molecule has 0 aliphatic carbocycles. The molecule has 2 aromatic rings. The largest absolute Gasteiger partial charge is 0.325 e. The van der Waals surface area contributed by atoms with E-state index < -0.39 is 0 Å². The van der Waals surface area contributed by atoms with E-state index in [0.717, 1.165) is 17.8 Å². The molecule has 0 saturated heterocycles. The number of rotatable bonds is 6. The zero-order valence-corrected chi connectivity index (χ0v) is 13.5. The minimum Gasteiger partial charge on any atom is -0.325 e. The number of benzene rings is 2. The van der Waals surface area contributed by atoms with Crippen molar-refractivity contribution in [2.75, 3.05) is 18.4 Å². The van der Waals surface area contributed by atoms with Crippen LogP contribution in [0.15, 0.2) is 48.5 Å². The van der Waals surface area contributed by atoms with Crippen LogP contribution in [0.5, 0.6) is 0 Å². The maximum Gasteiger partial charge on any atom is 0.238 e. The van der Waals surface area contributed by atoms with Crippen LogP contribution in [0.3, 0.4) is 0 Å². The number of amides is 1. The first-order chi connectivity index (χ1) is 10.6. The van der Waals surface area contributed by atoms with Gasteiger partial charge in [-0.25, -0.2) is 0 Å². The third-order valence-electron chi connectivity index (χ3n) is 3.76. The first-order valence-electron chi connectivity index (χ1n) is 7.69. The van der Waals surface area contributed by atoms with Crippen LogP contribution in [0.4, 0.5) is 5.69 Å². The van der Waals surface area contributed by atoms with E-state index in [-0.39, 0.29) is 5.91 Å². The van der Waals surface area contributed by atoms with Gasteiger partial charge in [-0.15, -0.1) is 0 Å². The lowest BCUT2D eigenvalue weighted by Gasteiger charge is -2.13. The molecular formula is C19H24N2O. The number of hydrogen-bond acceptors (Lipinski definition) is 2. The summed E-state index contributed by atoms with van der Waals surface area (Å²) in [7, 11) is 0. The normalized spacial score (nSPS) is 12.0. The van der Waals surface area contributed by atoms with Crippen LogP contribution in [0.1, 0.15) is 29.5 Å². The summed E-state index contributed by atoms with van der Waals surface area (Å²) in [5, 5.41) is 6.17. The molecule has 0 aliphatic heterocycles. The molecule has 1 atom stereocenters. The maximum absolute atomic E-state index is 12.0. The highest BCUT2D eigenvalue weighted by Gasteiger charge is 2.07. The van der Waals surface area contributed by atoms with Gasteiger partial charge >= 0.3 is 0 Å². The Bertz CT molecular complexity index is 623. The molecule has 0 aliphatic rings. The topological polar surface area (TPSA) is 41.1 Å². The third kappa shape index (κ3) is 4.71. The van der Waals surface area contributed by atoms with E-state index in [1.165, 1.54) is 11.1 Å². The molecule has 2 rings (SSSR count). The van der Waals surface area contributed by atoms with Crippen molar-refractivity contribution in [3.05, 3.63) is 65.2 Å². The SMILES string of the molecule is Cc1ccc(NC(=O)CNC[C@H](C)c2ccccc2)c(C)c1. The second-order valence-corrected chi connectivity index (χ2v) is 5.81. The summed E-state index contributed by atoms with van der Waals surface area (Å²) in [4.78, 5) is 12.0. The average Bonchev–Trinajstić information content (AvgIpc) is 2.51. The Hall–Kier alpha value is -2.13. The lowest BCUT2D eigenvalue weighted by molar-refractivity contribution is -0.115. The van der Waals surface area contributed by atoms with Gasteiger partial charge in [0.15, 0.2) is 0 Å². The Morgan fingerprint density at radius 1 is 1.09 bits per heavy atom. The van der Waals surface area contributed by atoms with Crippen LogP contribution < -0.4 is 10.6 Å². The van der Waals surface area contributed by atoms with Crippen LogP contribution in [0.25, 0.3) is 0 Å². The minimum atomic E-state index is -0.00721. The van der Waals surface area contributed by atoms with Crippen molar-refractivity contribution in [1.29, 1.82) is 0 Å². The molecule has 0 fully saturated rings. The number of hydrogen-bond donors (Lipinski definition) is 2. The van der Waals surface area contributed by atoms with Crippen molar-refractivity contribution >= 4 is 11.6 Å². The molecule has 3 nitrogen and oxygen atoms in total. The van der Waals surface area contributed by atoms with E-state index in [2.05, 4.69) is 35.8 Å². The Balaban J connectivity index is 1.78. The highest BCUT2D eigenvalue weighted by Crippen LogP contribution is 2.16. The molecule has 0 aromatic heterocycles. The van der Waals surface area contributed by atoms with E-state index in [4.69, 9.17) is 0 Å². The summed E-state index contributed by atoms with van der Waals surface area (Å²) >= 11 is 0. The van der Waals surface area contributed by atoms with E-state index in [1.807, 2.05) is 44.2 Å². The molecule has 116 valence electrons. The van der Waals surface area contributed by atoms with E-state index in [9.17, 15) is 4.79 Å². The highest BCUT2D eigenvalue weighted by atomic mass is 16.1. The van der Waals surface area contributed by atoms with Crippen molar-refractivity contribution in [2.45, 2.75) is 26.7 Å². The number of nitrogens with one attached hydrogen (secondary N) is 2. The van der Waals surface area contributed by atoms with Crippen molar-refractivity contribution in [2.24, 2.45) is 0 Å². The third-order valence-corrected chi connectivity index (χ3v) is 3.76. The zero-order valence-electron chi connectivity index (χ0n) is 13.5.